The first-order chi connectivity index (χ1) is 36.1. The topological polar surface area (TPSA) is 41.3 Å². The molecule has 12 rings (SSSR count). The Morgan fingerprint density at radius 3 is 1.04 bits per heavy atom. The van der Waals surface area contributed by atoms with E-state index in [2.05, 4.69) is 249 Å². The second-order valence-electron chi connectivity index (χ2n) is 29.3. The van der Waals surface area contributed by atoms with Gasteiger partial charge in [0.05, 0.1) is 78.7 Å². The standard InChI is InChI=1S/C16H26NSSi2.C15H25N2SSi2.C15H24NSSi2.C14H23N2SSi2/c1-7-13-14-12(8-9-17(13)2)15-16(18-14)20(5,6)11-10-19(15,3)4;1-7-11-13-12(16-10-17(11)2)14-15(18-13)20(5,6)9-8-19(14,3)4;1-7-12-13-11(8-9-16(12)2)14-15(17-13)19(5,6)10-18(14,3)4;1-7-10-12-11(15-8-16(10)2)13-14(17-12)19(5,6)9-18(13,3)4/h8-9H,7,10-11H2,1-6H3;10H,7-9H2,1-6H3;8-9H,7,10H2,1-6H3;8H,7,9H2,1-6H3/q4*+1. The van der Waals surface area contributed by atoms with Crippen LogP contribution >= 0.6 is 45.3 Å². The lowest BCUT2D eigenvalue weighted by atomic mass is 10.2. The van der Waals surface area contributed by atoms with Crippen LogP contribution < -0.4 is 57.0 Å². The Morgan fingerprint density at radius 2 is 0.641 bits per heavy atom. The van der Waals surface area contributed by atoms with E-state index in [0.717, 1.165) is 25.7 Å². The molecule has 0 saturated heterocycles. The van der Waals surface area contributed by atoms with Gasteiger partial charge in [0, 0.05) is 59.0 Å². The molecule has 0 bridgehead atoms. The van der Waals surface area contributed by atoms with E-state index in [1.807, 2.05) is 32.0 Å². The highest BCUT2D eigenvalue weighted by atomic mass is 32.1. The lowest BCUT2D eigenvalue weighted by Gasteiger charge is -2.37. The minimum Gasteiger partial charge on any atom is -0.236 e. The molecule has 78 heavy (non-hydrogen) atoms. The van der Waals surface area contributed by atoms with Crippen molar-refractivity contribution in [1.29, 1.82) is 0 Å². The molecule has 0 N–H and O–H groups in total. The number of fused-ring (bicyclic) bond motifs is 12. The molecule has 0 fully saturated rings. The van der Waals surface area contributed by atoms with E-state index in [1.54, 1.807) is 45.2 Å². The molecule has 8 aromatic heterocycles. The molecule has 0 spiro atoms. The van der Waals surface area contributed by atoms with Crippen LogP contribution in [0.4, 0.5) is 0 Å². The van der Waals surface area contributed by atoms with Crippen molar-refractivity contribution < 1.29 is 18.3 Å². The van der Waals surface area contributed by atoms with Gasteiger partial charge in [0.2, 0.25) is 0 Å². The number of pyridine rings is 2. The lowest BCUT2D eigenvalue weighted by molar-refractivity contribution is -0.680. The van der Waals surface area contributed by atoms with Gasteiger partial charge in [-0.2, -0.15) is 0 Å². The number of aromatic nitrogens is 6. The molecule has 0 aromatic carbocycles. The van der Waals surface area contributed by atoms with Gasteiger partial charge in [-0.15, -0.1) is 45.3 Å². The Hall–Kier alpha value is -1.96. The monoisotopic (exact) mass is 1250 g/mol. The zero-order valence-electron chi connectivity index (χ0n) is 52.9. The number of hydrogen-bond acceptors (Lipinski definition) is 6. The van der Waals surface area contributed by atoms with Crippen LogP contribution in [0.1, 0.15) is 50.5 Å². The van der Waals surface area contributed by atoms with Gasteiger partial charge in [0.1, 0.15) is 44.3 Å². The van der Waals surface area contributed by atoms with Crippen molar-refractivity contribution in [2.75, 3.05) is 0 Å². The molecule has 420 valence electrons. The summed E-state index contributed by atoms with van der Waals surface area (Å²) in [5.74, 6) is 0. The highest BCUT2D eigenvalue weighted by Crippen LogP contribution is 2.38. The highest BCUT2D eigenvalue weighted by Gasteiger charge is 2.51. The first-order valence-corrected chi connectivity index (χ1v) is 58.6. The van der Waals surface area contributed by atoms with Crippen LogP contribution in [0.3, 0.4) is 0 Å². The van der Waals surface area contributed by atoms with Gasteiger partial charge in [0.15, 0.2) is 34.8 Å². The normalized spacial score (nSPS) is 20.0. The van der Waals surface area contributed by atoms with Crippen molar-refractivity contribution in [2.45, 2.75) is 194 Å². The SMILES string of the molecule is CCc1c2sc3c(c2cc[n+]1C)[Si](C)(C)CC[Si]3(C)C.CCc1c2sc3c(c2cc[n+]1C)[Si](C)(C)C[Si]3(C)C.CCc1c2sc3c(c2nc[n+]1C)[Si](C)(C)CC[Si]3(C)C.CCc1c2sc3c(c2nc[n+]1C)[Si](C)(C)C[Si]3(C)C. The van der Waals surface area contributed by atoms with E-state index in [0.29, 0.717) is 0 Å². The summed E-state index contributed by atoms with van der Waals surface area (Å²) in [6.07, 6.45) is 13.1. The van der Waals surface area contributed by atoms with Gasteiger partial charge in [-0.3, -0.25) is 0 Å². The van der Waals surface area contributed by atoms with Crippen molar-refractivity contribution in [1.82, 2.24) is 9.97 Å². The summed E-state index contributed by atoms with van der Waals surface area (Å²) in [5.41, 5.74) is 11.7. The fourth-order valence-corrected chi connectivity index (χ4v) is 80.0. The third kappa shape index (κ3) is 10.3. The zero-order valence-corrected chi connectivity index (χ0v) is 64.1. The van der Waals surface area contributed by atoms with E-state index in [9.17, 15) is 0 Å². The maximum atomic E-state index is 4.85. The lowest BCUT2D eigenvalue weighted by Crippen LogP contribution is -2.61. The zero-order chi connectivity index (χ0) is 57.4. The van der Waals surface area contributed by atoms with Gasteiger partial charge < -0.3 is 0 Å². The molecule has 0 amide bonds. The van der Waals surface area contributed by atoms with Crippen LogP contribution in [0.5, 0.6) is 0 Å². The molecule has 4 aliphatic rings. The Labute approximate surface area is 494 Å². The molecule has 0 saturated carbocycles. The molecular formula is C60H98N6S4Si8+4. The number of thiophene rings is 4. The number of rotatable bonds is 4. The van der Waals surface area contributed by atoms with E-state index in [-0.39, 0.29) is 0 Å². The molecule has 6 nitrogen and oxygen atoms in total. The molecule has 0 atom stereocenters. The van der Waals surface area contributed by atoms with E-state index in [1.165, 1.54) is 73.1 Å². The summed E-state index contributed by atoms with van der Waals surface area (Å²) in [6, 6.07) is 10.7. The Morgan fingerprint density at radius 1 is 0.359 bits per heavy atom. The van der Waals surface area contributed by atoms with Crippen molar-refractivity contribution in [3.63, 3.8) is 0 Å². The minimum absolute atomic E-state index is 1.10. The highest BCUT2D eigenvalue weighted by molar-refractivity contribution is 7.40. The third-order valence-electron chi connectivity index (χ3n) is 19.1. The number of hydrogen-bond donors (Lipinski definition) is 0. The van der Waals surface area contributed by atoms with Crippen molar-refractivity contribution in [3.8, 4) is 0 Å². The van der Waals surface area contributed by atoms with Crippen molar-refractivity contribution in [2.24, 2.45) is 28.2 Å². The Bertz CT molecular complexity index is 3430. The van der Waals surface area contributed by atoms with Crippen LogP contribution in [0, 0.1) is 0 Å². The van der Waals surface area contributed by atoms with E-state index < -0.39 is 64.6 Å². The van der Waals surface area contributed by atoms with Crippen LogP contribution in [0.15, 0.2) is 37.2 Å². The average Bonchev–Trinajstić information content (AvgIpc) is 4.29. The fourth-order valence-electron chi connectivity index (χ4n) is 15.2. The molecule has 12 heterocycles. The number of nitrogens with zero attached hydrogens (tertiary/aromatic N) is 6. The molecule has 18 heteroatoms. The Balaban J connectivity index is 0.000000126. The van der Waals surface area contributed by atoms with Gasteiger partial charge in [0.25, 0.3) is 12.7 Å². The molecule has 4 aliphatic heterocycles. The summed E-state index contributed by atoms with van der Waals surface area (Å²) in [6.45, 7) is 50.1. The first kappa shape index (κ1) is 60.6. The summed E-state index contributed by atoms with van der Waals surface area (Å²) >= 11 is 8.45. The predicted molar refractivity (Wildman–Crippen MR) is 371 cm³/mol. The second-order valence-corrected chi connectivity index (χ2v) is 73.8. The van der Waals surface area contributed by atoms with Gasteiger partial charge >= 0.3 is 0 Å². The van der Waals surface area contributed by atoms with Crippen LogP contribution in [-0.2, 0) is 53.9 Å². The van der Waals surface area contributed by atoms with E-state index >= 15 is 0 Å². The van der Waals surface area contributed by atoms with E-state index in [4.69, 9.17) is 9.97 Å². The molecular weight excluding hydrogens is 1160 g/mol. The summed E-state index contributed by atoms with van der Waals surface area (Å²) < 4.78 is 22.4. The average molecular weight is 1260 g/mol. The van der Waals surface area contributed by atoms with Crippen LogP contribution in [0.2, 0.25) is 140 Å². The summed E-state index contributed by atoms with van der Waals surface area (Å²) in [5, 5.41) is 10.3. The summed E-state index contributed by atoms with van der Waals surface area (Å²) in [7, 11) is -1.12. The maximum Gasteiger partial charge on any atom is 0.286 e. The Kier molecular flexibility index (Phi) is 16.3. The van der Waals surface area contributed by atoms with Crippen LogP contribution in [0.25, 0.3) is 40.6 Å². The quantitative estimate of drug-likeness (QED) is 0.130. The maximum absolute atomic E-state index is 4.85. The van der Waals surface area contributed by atoms with Gasteiger partial charge in [-0.1, -0.05) is 168 Å². The molecule has 0 aliphatic carbocycles. The second kappa shape index (κ2) is 21.0. The smallest absolute Gasteiger partial charge is 0.236 e. The van der Waals surface area contributed by atoms with Crippen LogP contribution in [-0.4, -0.2) is 74.6 Å². The predicted octanol–water partition coefficient (Wildman–Crippen LogP) is 10.4. The third-order valence-corrected chi connectivity index (χ3v) is 67.4. The van der Waals surface area contributed by atoms with Gasteiger partial charge in [-0.25, -0.2) is 18.3 Å². The first-order valence-electron chi connectivity index (χ1n) is 29.6. The van der Waals surface area contributed by atoms with Gasteiger partial charge in [-0.05, 0) is 38.3 Å². The minimum atomic E-state index is -1.29. The largest absolute Gasteiger partial charge is 0.286 e. The van der Waals surface area contributed by atoms with Crippen molar-refractivity contribution >= 4 is 189 Å². The fraction of sp³-hybridized carbons (Fsp3) is 0.567. The molecule has 8 aromatic rings. The summed E-state index contributed by atoms with van der Waals surface area (Å²) in [4.78, 5) is 9.67. The number of aryl methyl sites for hydroxylation is 8. The molecule has 0 unspecified atom stereocenters. The molecule has 0 radical (unpaired) electrons. The van der Waals surface area contributed by atoms with Crippen molar-refractivity contribution in [3.05, 3.63) is 60.0 Å².